The standard InChI is InChI=1S/C40H42O9/c1-40(27-47-37(41)34(44-2)30-19-11-6-12-20-30,28-48-38(42)35(45-3)31-21-13-7-14-22-31)33(26-25-29-17-9-5-10-18-29)49-39(43)36(46-4)32-23-15-8-16-24-32/h5-26,33-36H,27-28H2,1-4H3/b26-25+/t33-,34+,35+,36+/m1/s1. The van der Waals surface area contributed by atoms with Gasteiger partial charge in [0.15, 0.2) is 18.3 Å². The van der Waals surface area contributed by atoms with Gasteiger partial charge in [-0.05, 0) is 35.3 Å². The normalized spacial score (nSPS) is 14.0. The van der Waals surface area contributed by atoms with E-state index in [-0.39, 0.29) is 13.2 Å². The molecule has 0 aliphatic carbocycles. The average Bonchev–Trinajstić information content (AvgIpc) is 3.14. The maximum Gasteiger partial charge on any atom is 0.340 e. The second-order valence-electron chi connectivity index (χ2n) is 11.6. The molecule has 4 atom stereocenters. The minimum absolute atomic E-state index is 0.311. The number of esters is 3. The van der Waals surface area contributed by atoms with Crippen molar-refractivity contribution < 1.29 is 42.8 Å². The van der Waals surface area contributed by atoms with Gasteiger partial charge in [0, 0.05) is 21.3 Å². The van der Waals surface area contributed by atoms with Gasteiger partial charge in [-0.2, -0.15) is 0 Å². The second-order valence-corrected chi connectivity index (χ2v) is 11.6. The third kappa shape index (κ3) is 10.2. The summed E-state index contributed by atoms with van der Waals surface area (Å²) >= 11 is 0. The SMILES string of the molecule is CO[C@H](C(=O)OCC(C)(COC(=O)[C@@H](OC)c1ccccc1)[C@@H](/C=C/c1ccccc1)OC(=O)[C@@H](OC)c1ccccc1)c1ccccc1. The van der Waals surface area contributed by atoms with E-state index in [1.165, 1.54) is 21.3 Å². The number of carbonyl (C=O) groups is 3. The van der Waals surface area contributed by atoms with Crippen LogP contribution >= 0.6 is 0 Å². The molecule has 0 heterocycles. The van der Waals surface area contributed by atoms with Crippen LogP contribution in [0.25, 0.3) is 6.08 Å². The molecule has 0 fully saturated rings. The van der Waals surface area contributed by atoms with Gasteiger partial charge in [0.2, 0.25) is 0 Å². The highest BCUT2D eigenvalue weighted by Gasteiger charge is 2.41. The molecule has 0 saturated heterocycles. The predicted molar refractivity (Wildman–Crippen MR) is 184 cm³/mol. The van der Waals surface area contributed by atoms with Gasteiger partial charge in [0.05, 0.1) is 5.41 Å². The third-order valence-corrected chi connectivity index (χ3v) is 7.94. The van der Waals surface area contributed by atoms with Crippen molar-refractivity contribution in [3.63, 3.8) is 0 Å². The highest BCUT2D eigenvalue weighted by molar-refractivity contribution is 5.78. The van der Waals surface area contributed by atoms with E-state index in [9.17, 15) is 14.4 Å². The Labute approximate surface area is 287 Å². The Kier molecular flexibility index (Phi) is 13.8. The minimum atomic E-state index is -1.30. The fraction of sp³-hybridized carbons (Fsp3) is 0.275. The number of hydrogen-bond donors (Lipinski definition) is 0. The van der Waals surface area contributed by atoms with Crippen LogP contribution in [0.4, 0.5) is 0 Å². The van der Waals surface area contributed by atoms with Gasteiger partial charge in [-0.1, -0.05) is 127 Å². The first kappa shape index (κ1) is 36.7. The first-order valence-electron chi connectivity index (χ1n) is 15.8. The Hall–Kier alpha value is -5.09. The van der Waals surface area contributed by atoms with E-state index in [1.54, 1.807) is 91.9 Å². The van der Waals surface area contributed by atoms with E-state index in [4.69, 9.17) is 28.4 Å². The van der Waals surface area contributed by atoms with Gasteiger partial charge in [-0.25, -0.2) is 14.4 Å². The first-order valence-corrected chi connectivity index (χ1v) is 15.8. The van der Waals surface area contributed by atoms with Crippen LogP contribution in [0.2, 0.25) is 0 Å². The summed E-state index contributed by atoms with van der Waals surface area (Å²) in [5, 5.41) is 0. The summed E-state index contributed by atoms with van der Waals surface area (Å²) in [6, 6.07) is 36.2. The Morgan fingerprint density at radius 1 is 0.551 bits per heavy atom. The summed E-state index contributed by atoms with van der Waals surface area (Å²) < 4.78 is 34.4. The summed E-state index contributed by atoms with van der Waals surface area (Å²) in [7, 11) is 4.24. The molecule has 0 aliphatic rings. The maximum absolute atomic E-state index is 13.8. The summed E-state index contributed by atoms with van der Waals surface area (Å²) in [6.07, 6.45) is -0.675. The molecule has 256 valence electrons. The molecule has 0 N–H and O–H groups in total. The number of rotatable bonds is 17. The second kappa shape index (κ2) is 18.5. The number of ether oxygens (including phenoxy) is 6. The molecule has 0 bridgehead atoms. The summed E-state index contributed by atoms with van der Waals surface area (Å²) in [4.78, 5) is 40.6. The third-order valence-electron chi connectivity index (χ3n) is 7.94. The molecule has 9 heteroatoms. The van der Waals surface area contributed by atoms with Gasteiger partial charge >= 0.3 is 17.9 Å². The Balaban J connectivity index is 1.68. The van der Waals surface area contributed by atoms with E-state index >= 15 is 0 Å². The largest absolute Gasteiger partial charge is 0.463 e. The van der Waals surface area contributed by atoms with Gasteiger partial charge < -0.3 is 28.4 Å². The van der Waals surface area contributed by atoms with Crippen molar-refractivity contribution in [1.29, 1.82) is 0 Å². The molecule has 0 spiro atoms. The average molecular weight is 667 g/mol. The van der Waals surface area contributed by atoms with Crippen LogP contribution in [0.5, 0.6) is 0 Å². The zero-order chi connectivity index (χ0) is 35.1. The van der Waals surface area contributed by atoms with Crippen molar-refractivity contribution >= 4 is 24.0 Å². The van der Waals surface area contributed by atoms with Gasteiger partial charge in [-0.15, -0.1) is 0 Å². The van der Waals surface area contributed by atoms with Gasteiger partial charge in [-0.3, -0.25) is 0 Å². The van der Waals surface area contributed by atoms with Crippen molar-refractivity contribution in [3.8, 4) is 0 Å². The lowest BCUT2D eigenvalue weighted by Crippen LogP contribution is -2.45. The van der Waals surface area contributed by atoms with Gasteiger partial charge in [0.1, 0.15) is 19.3 Å². The lowest BCUT2D eigenvalue weighted by Gasteiger charge is -2.35. The molecule has 4 aromatic rings. The van der Waals surface area contributed by atoms with Gasteiger partial charge in [0.25, 0.3) is 0 Å². The van der Waals surface area contributed by atoms with Crippen molar-refractivity contribution in [2.24, 2.45) is 5.41 Å². The number of carbonyl (C=O) groups excluding carboxylic acids is 3. The topological polar surface area (TPSA) is 107 Å². The number of hydrogen-bond acceptors (Lipinski definition) is 9. The monoisotopic (exact) mass is 666 g/mol. The Morgan fingerprint density at radius 3 is 1.27 bits per heavy atom. The van der Waals surface area contributed by atoms with Crippen molar-refractivity contribution in [3.05, 3.63) is 150 Å². The maximum atomic E-state index is 13.8. The lowest BCUT2D eigenvalue weighted by atomic mass is 9.84. The van der Waals surface area contributed by atoms with Crippen LogP contribution in [-0.4, -0.2) is 58.6 Å². The number of methoxy groups -OCH3 is 3. The van der Waals surface area contributed by atoms with E-state index in [1.807, 2.05) is 48.5 Å². The summed E-state index contributed by atoms with van der Waals surface area (Å²) in [5.41, 5.74) is 1.33. The highest BCUT2D eigenvalue weighted by atomic mass is 16.6. The van der Waals surface area contributed by atoms with Crippen LogP contribution in [-0.2, 0) is 42.8 Å². The van der Waals surface area contributed by atoms with E-state index in [0.29, 0.717) is 16.7 Å². The smallest absolute Gasteiger partial charge is 0.340 e. The highest BCUT2D eigenvalue weighted by Crippen LogP contribution is 2.32. The molecule has 0 aromatic heterocycles. The summed E-state index contributed by atoms with van der Waals surface area (Å²) in [6.45, 7) is 1.09. The van der Waals surface area contributed by atoms with E-state index in [2.05, 4.69) is 0 Å². The van der Waals surface area contributed by atoms with Crippen LogP contribution in [0.1, 0.15) is 47.5 Å². The molecular formula is C40H42O9. The molecule has 4 aromatic carbocycles. The lowest BCUT2D eigenvalue weighted by molar-refractivity contribution is -0.179. The van der Waals surface area contributed by atoms with E-state index in [0.717, 1.165) is 5.56 Å². The predicted octanol–water partition coefficient (Wildman–Crippen LogP) is 6.87. The van der Waals surface area contributed by atoms with E-state index < -0.39 is 47.7 Å². The molecule has 49 heavy (non-hydrogen) atoms. The van der Waals surface area contributed by atoms with Crippen LogP contribution in [0.15, 0.2) is 127 Å². The van der Waals surface area contributed by atoms with Crippen molar-refractivity contribution in [1.82, 2.24) is 0 Å². The van der Waals surface area contributed by atoms with Crippen LogP contribution < -0.4 is 0 Å². The van der Waals surface area contributed by atoms with Crippen molar-refractivity contribution in [2.75, 3.05) is 34.5 Å². The Bertz CT molecular complexity index is 1560. The van der Waals surface area contributed by atoms with Crippen molar-refractivity contribution in [2.45, 2.75) is 31.3 Å². The van der Waals surface area contributed by atoms with Crippen LogP contribution in [0.3, 0.4) is 0 Å². The summed E-state index contributed by atoms with van der Waals surface area (Å²) in [5.74, 6) is -2.01. The number of benzene rings is 4. The fourth-order valence-corrected chi connectivity index (χ4v) is 5.18. The molecule has 0 unspecified atom stereocenters. The molecule has 0 saturated carbocycles. The fourth-order valence-electron chi connectivity index (χ4n) is 5.18. The Morgan fingerprint density at radius 2 is 0.898 bits per heavy atom. The molecular weight excluding hydrogens is 624 g/mol. The molecule has 0 aliphatic heterocycles. The minimum Gasteiger partial charge on any atom is -0.463 e. The quantitative estimate of drug-likeness (QED) is 0.0882. The zero-order valence-electron chi connectivity index (χ0n) is 28.1. The zero-order valence-corrected chi connectivity index (χ0v) is 28.1. The molecule has 4 rings (SSSR count). The first-order chi connectivity index (χ1) is 23.8. The van der Waals surface area contributed by atoms with Crippen LogP contribution in [0, 0.1) is 5.41 Å². The molecule has 9 nitrogen and oxygen atoms in total. The molecule has 0 radical (unpaired) electrons. The molecule has 0 amide bonds.